The van der Waals surface area contributed by atoms with E-state index in [0.29, 0.717) is 10.0 Å². The molecule has 0 amide bonds. The van der Waals surface area contributed by atoms with E-state index in [4.69, 9.17) is 28.9 Å². The van der Waals surface area contributed by atoms with Crippen molar-refractivity contribution in [3.05, 3.63) is 33.8 Å². The zero-order valence-corrected chi connectivity index (χ0v) is 12.4. The van der Waals surface area contributed by atoms with Gasteiger partial charge in [-0.15, -0.1) is 0 Å². The molecule has 1 heterocycles. The monoisotopic (exact) mass is 286 g/mol. The molecule has 1 aliphatic heterocycles. The summed E-state index contributed by atoms with van der Waals surface area (Å²) in [5.41, 5.74) is 7.41. The summed E-state index contributed by atoms with van der Waals surface area (Å²) in [6.45, 7) is 6.65. The van der Waals surface area contributed by atoms with Crippen molar-refractivity contribution in [2.45, 2.75) is 38.3 Å². The lowest BCUT2D eigenvalue weighted by atomic mass is 9.88. The molecule has 0 bridgehead atoms. The molecule has 2 rings (SSSR count). The van der Waals surface area contributed by atoms with Crippen LogP contribution in [0.2, 0.25) is 10.0 Å². The first-order valence-corrected chi connectivity index (χ1v) is 7.14. The Morgan fingerprint density at radius 3 is 2.33 bits per heavy atom. The highest BCUT2D eigenvalue weighted by molar-refractivity contribution is 6.42. The first kappa shape index (κ1) is 14.1. The summed E-state index contributed by atoms with van der Waals surface area (Å²) in [5, 5.41) is 1.15. The zero-order valence-electron chi connectivity index (χ0n) is 10.9. The Balaban J connectivity index is 2.23. The maximum atomic E-state index is 6.43. The van der Waals surface area contributed by atoms with Crippen molar-refractivity contribution in [3.63, 3.8) is 0 Å². The fraction of sp³-hybridized carbons (Fsp3) is 0.571. The summed E-state index contributed by atoms with van der Waals surface area (Å²) in [6, 6.07) is 5.60. The highest BCUT2D eigenvalue weighted by Crippen LogP contribution is 2.34. The average molecular weight is 287 g/mol. The molecule has 2 N–H and O–H groups in total. The summed E-state index contributed by atoms with van der Waals surface area (Å²) < 4.78 is 0. The van der Waals surface area contributed by atoms with E-state index in [-0.39, 0.29) is 11.6 Å². The molecule has 1 aromatic carbocycles. The number of nitrogens with two attached hydrogens (primary N) is 1. The van der Waals surface area contributed by atoms with Gasteiger partial charge < -0.3 is 5.73 Å². The van der Waals surface area contributed by atoms with Crippen LogP contribution in [0.1, 0.15) is 38.3 Å². The van der Waals surface area contributed by atoms with Gasteiger partial charge in [-0.1, -0.05) is 29.3 Å². The Morgan fingerprint density at radius 1 is 1.17 bits per heavy atom. The molecule has 0 aliphatic carbocycles. The molecule has 0 radical (unpaired) electrons. The molecule has 0 aromatic heterocycles. The van der Waals surface area contributed by atoms with Gasteiger partial charge in [-0.3, -0.25) is 4.90 Å². The third-order valence-corrected chi connectivity index (χ3v) is 4.72. The number of likely N-dealkylation sites (tertiary alicyclic amines) is 1. The van der Waals surface area contributed by atoms with Crippen molar-refractivity contribution in [1.29, 1.82) is 0 Å². The van der Waals surface area contributed by atoms with Crippen molar-refractivity contribution in [3.8, 4) is 0 Å². The summed E-state index contributed by atoms with van der Waals surface area (Å²) >= 11 is 12.0. The van der Waals surface area contributed by atoms with E-state index < -0.39 is 0 Å². The van der Waals surface area contributed by atoms with Crippen LogP contribution in [0.4, 0.5) is 0 Å². The molecule has 1 aromatic rings. The summed E-state index contributed by atoms with van der Waals surface area (Å²) in [4.78, 5) is 2.46. The number of hydrogen-bond donors (Lipinski definition) is 1. The second kappa shape index (κ2) is 5.38. The maximum Gasteiger partial charge on any atom is 0.0595 e. The van der Waals surface area contributed by atoms with Crippen LogP contribution in [0, 0.1) is 0 Å². The second-order valence-corrected chi connectivity index (χ2v) is 6.31. The van der Waals surface area contributed by atoms with E-state index in [1.165, 1.54) is 12.8 Å². The van der Waals surface area contributed by atoms with Gasteiger partial charge in [0.05, 0.1) is 10.0 Å². The topological polar surface area (TPSA) is 29.3 Å². The van der Waals surface area contributed by atoms with Crippen LogP contribution in [-0.4, -0.2) is 23.5 Å². The van der Waals surface area contributed by atoms with Crippen LogP contribution >= 0.6 is 23.2 Å². The van der Waals surface area contributed by atoms with Gasteiger partial charge in [-0.05, 0) is 57.5 Å². The van der Waals surface area contributed by atoms with Crippen LogP contribution in [-0.2, 0) is 0 Å². The molecular weight excluding hydrogens is 267 g/mol. The zero-order chi connectivity index (χ0) is 13.3. The van der Waals surface area contributed by atoms with Gasteiger partial charge in [0.1, 0.15) is 0 Å². The molecule has 100 valence electrons. The van der Waals surface area contributed by atoms with Gasteiger partial charge in [0.25, 0.3) is 0 Å². The molecule has 1 saturated heterocycles. The highest BCUT2D eigenvalue weighted by atomic mass is 35.5. The van der Waals surface area contributed by atoms with Gasteiger partial charge in [0.15, 0.2) is 0 Å². The predicted molar refractivity (Wildman–Crippen MR) is 78.3 cm³/mol. The van der Waals surface area contributed by atoms with Crippen molar-refractivity contribution >= 4 is 23.2 Å². The van der Waals surface area contributed by atoms with Crippen LogP contribution in [0.3, 0.4) is 0 Å². The largest absolute Gasteiger partial charge is 0.322 e. The predicted octanol–water partition coefficient (Wildman–Crippen LogP) is 3.87. The molecular formula is C14H20Cl2N2. The molecule has 0 spiro atoms. The summed E-state index contributed by atoms with van der Waals surface area (Å²) in [7, 11) is 0. The van der Waals surface area contributed by atoms with E-state index in [1.807, 2.05) is 18.2 Å². The molecule has 4 heteroatoms. The Bertz CT molecular complexity index is 426. The quantitative estimate of drug-likeness (QED) is 0.914. The van der Waals surface area contributed by atoms with Crippen molar-refractivity contribution in [1.82, 2.24) is 4.90 Å². The van der Waals surface area contributed by atoms with Gasteiger partial charge in [0, 0.05) is 11.6 Å². The molecule has 1 fully saturated rings. The number of hydrogen-bond acceptors (Lipinski definition) is 2. The molecule has 1 unspecified atom stereocenters. The number of benzene rings is 1. The molecule has 1 atom stereocenters. The van der Waals surface area contributed by atoms with Crippen LogP contribution in [0.5, 0.6) is 0 Å². The van der Waals surface area contributed by atoms with Gasteiger partial charge in [0.2, 0.25) is 0 Å². The van der Waals surface area contributed by atoms with Crippen molar-refractivity contribution in [2.75, 3.05) is 13.1 Å². The SMILES string of the molecule is CC(C)(C(N)c1ccc(Cl)c(Cl)c1)N1CCCC1. The highest BCUT2D eigenvalue weighted by Gasteiger charge is 2.35. The lowest BCUT2D eigenvalue weighted by Gasteiger charge is -2.40. The second-order valence-electron chi connectivity index (χ2n) is 5.50. The number of nitrogens with zero attached hydrogens (tertiary/aromatic N) is 1. The van der Waals surface area contributed by atoms with E-state index in [0.717, 1.165) is 18.7 Å². The third kappa shape index (κ3) is 2.67. The lowest BCUT2D eigenvalue weighted by Crippen LogP contribution is -2.49. The van der Waals surface area contributed by atoms with E-state index in [1.54, 1.807) is 0 Å². The Kier molecular flexibility index (Phi) is 4.22. The van der Waals surface area contributed by atoms with Gasteiger partial charge in [-0.2, -0.15) is 0 Å². The minimum atomic E-state index is -0.0645. The fourth-order valence-electron chi connectivity index (χ4n) is 2.60. The van der Waals surface area contributed by atoms with Crippen molar-refractivity contribution < 1.29 is 0 Å². The number of rotatable bonds is 3. The minimum absolute atomic E-state index is 0.0618. The first-order valence-electron chi connectivity index (χ1n) is 6.38. The molecule has 2 nitrogen and oxygen atoms in total. The lowest BCUT2D eigenvalue weighted by molar-refractivity contribution is 0.124. The Hall–Kier alpha value is -0.280. The fourth-order valence-corrected chi connectivity index (χ4v) is 2.91. The minimum Gasteiger partial charge on any atom is -0.322 e. The average Bonchev–Trinajstić information content (AvgIpc) is 2.86. The summed E-state index contributed by atoms with van der Waals surface area (Å²) in [6.07, 6.45) is 2.52. The van der Waals surface area contributed by atoms with Crippen LogP contribution < -0.4 is 5.73 Å². The van der Waals surface area contributed by atoms with E-state index in [9.17, 15) is 0 Å². The third-order valence-electron chi connectivity index (χ3n) is 3.98. The van der Waals surface area contributed by atoms with Gasteiger partial charge in [-0.25, -0.2) is 0 Å². The van der Waals surface area contributed by atoms with Crippen molar-refractivity contribution in [2.24, 2.45) is 5.73 Å². The normalized spacial score (nSPS) is 19.2. The van der Waals surface area contributed by atoms with E-state index >= 15 is 0 Å². The van der Waals surface area contributed by atoms with Crippen LogP contribution in [0.15, 0.2) is 18.2 Å². The maximum absolute atomic E-state index is 6.43. The molecule has 1 aliphatic rings. The van der Waals surface area contributed by atoms with Gasteiger partial charge >= 0.3 is 0 Å². The Morgan fingerprint density at radius 2 is 1.78 bits per heavy atom. The Labute approximate surface area is 119 Å². The number of halogens is 2. The summed E-state index contributed by atoms with van der Waals surface area (Å²) in [5.74, 6) is 0. The van der Waals surface area contributed by atoms with E-state index in [2.05, 4.69) is 18.7 Å². The molecule has 18 heavy (non-hydrogen) atoms. The van der Waals surface area contributed by atoms with Crippen LogP contribution in [0.25, 0.3) is 0 Å². The smallest absolute Gasteiger partial charge is 0.0595 e. The molecule has 0 saturated carbocycles. The first-order chi connectivity index (χ1) is 8.43. The standard InChI is InChI=1S/C14H20Cl2N2/c1-14(2,18-7-3-4-8-18)13(17)10-5-6-11(15)12(16)9-10/h5-6,9,13H,3-4,7-8,17H2,1-2H3.